The average molecular weight is 561 g/mol. The number of halogens is 1. The Morgan fingerprint density at radius 3 is 2.63 bits per heavy atom. The van der Waals surface area contributed by atoms with Gasteiger partial charge in [0.15, 0.2) is 5.96 Å². The predicted octanol–water partition coefficient (Wildman–Crippen LogP) is 4.35. The van der Waals surface area contributed by atoms with Gasteiger partial charge in [-0.25, -0.2) is 13.4 Å². The van der Waals surface area contributed by atoms with Crippen LogP contribution in [0.3, 0.4) is 0 Å². The van der Waals surface area contributed by atoms with Crippen molar-refractivity contribution >= 4 is 57.0 Å². The van der Waals surface area contributed by atoms with Gasteiger partial charge in [0.1, 0.15) is 4.21 Å². The lowest BCUT2D eigenvalue weighted by atomic mass is 9.90. The van der Waals surface area contributed by atoms with Gasteiger partial charge in [-0.2, -0.15) is 4.31 Å². The number of guanidine groups is 1. The molecule has 0 amide bonds. The highest BCUT2D eigenvalue weighted by Crippen LogP contribution is 2.29. The second kappa shape index (κ2) is 10.4. The van der Waals surface area contributed by atoms with Gasteiger partial charge in [0.05, 0.1) is 6.54 Å². The number of thiophene rings is 1. The summed E-state index contributed by atoms with van der Waals surface area (Å²) in [5.41, 5.74) is 9.87. The first-order valence-electron chi connectivity index (χ1n) is 10.3. The number of nitrogens with zero attached hydrogens (tertiary/aromatic N) is 2. The molecule has 6 nitrogen and oxygen atoms in total. The van der Waals surface area contributed by atoms with Crippen molar-refractivity contribution < 1.29 is 8.42 Å². The molecule has 2 aliphatic rings. The quantitative estimate of drug-likeness (QED) is 0.324. The Bertz CT molecular complexity index is 998. The lowest BCUT2D eigenvalue weighted by molar-refractivity contribution is 0.347. The van der Waals surface area contributed by atoms with Crippen molar-refractivity contribution in [2.24, 2.45) is 10.7 Å². The predicted molar refractivity (Wildman–Crippen MR) is 134 cm³/mol. The standard InChI is InChI=1S/C21H28N4O2S2.HI/c22-21(24-19-10-6-8-16-7-2-3-9-18(16)19)23-15-17-11-12-20(28-17)29(26,27)25-13-4-1-5-14-25;/h6,8,10-12H,1-5,7,9,13-15H2,(H3,22,23,24);1H. The Morgan fingerprint density at radius 2 is 1.83 bits per heavy atom. The molecule has 164 valence electrons. The Labute approximate surface area is 200 Å². The van der Waals surface area contributed by atoms with Crippen molar-refractivity contribution in [3.8, 4) is 0 Å². The van der Waals surface area contributed by atoms with Crippen LogP contribution in [0.5, 0.6) is 0 Å². The second-order valence-corrected chi connectivity index (χ2v) is 11.0. The maximum Gasteiger partial charge on any atom is 0.252 e. The number of sulfonamides is 1. The highest BCUT2D eigenvalue weighted by molar-refractivity contribution is 14.0. The van der Waals surface area contributed by atoms with Gasteiger partial charge in [0, 0.05) is 23.7 Å². The number of aryl methyl sites for hydroxylation is 1. The maximum atomic E-state index is 12.8. The fourth-order valence-corrected chi connectivity index (χ4v) is 7.01. The molecule has 1 aromatic heterocycles. The zero-order valence-corrected chi connectivity index (χ0v) is 20.9. The van der Waals surface area contributed by atoms with E-state index < -0.39 is 10.0 Å². The molecule has 2 aromatic rings. The van der Waals surface area contributed by atoms with E-state index in [1.54, 1.807) is 10.4 Å². The van der Waals surface area contributed by atoms with Crippen LogP contribution in [0.1, 0.15) is 48.1 Å². The third-order valence-corrected chi connectivity index (χ3v) is 9.05. The molecule has 0 radical (unpaired) electrons. The molecule has 0 saturated carbocycles. The third kappa shape index (κ3) is 5.35. The molecule has 1 aromatic carbocycles. The van der Waals surface area contributed by atoms with Crippen molar-refractivity contribution in [3.63, 3.8) is 0 Å². The summed E-state index contributed by atoms with van der Waals surface area (Å²) < 4.78 is 27.6. The number of nitrogens with one attached hydrogen (secondary N) is 1. The molecule has 1 aliphatic heterocycles. The Hall–Kier alpha value is -1.17. The Kier molecular flexibility index (Phi) is 8.17. The topological polar surface area (TPSA) is 87.8 Å². The maximum absolute atomic E-state index is 12.8. The van der Waals surface area contributed by atoms with Crippen LogP contribution in [-0.2, 0) is 29.4 Å². The van der Waals surface area contributed by atoms with Crippen molar-refractivity contribution in [1.29, 1.82) is 0 Å². The normalized spacial score (nSPS) is 17.8. The van der Waals surface area contributed by atoms with Gasteiger partial charge in [-0.1, -0.05) is 18.6 Å². The van der Waals surface area contributed by atoms with E-state index >= 15 is 0 Å². The van der Waals surface area contributed by atoms with Crippen molar-refractivity contribution in [1.82, 2.24) is 4.31 Å². The SMILES string of the molecule is I.NC(=NCc1ccc(S(=O)(=O)N2CCCCC2)s1)Nc1cccc2c1CCCC2. The van der Waals surface area contributed by atoms with E-state index in [0.717, 1.165) is 42.7 Å². The van der Waals surface area contributed by atoms with Gasteiger partial charge >= 0.3 is 0 Å². The summed E-state index contributed by atoms with van der Waals surface area (Å²) in [5.74, 6) is 0.359. The van der Waals surface area contributed by atoms with E-state index in [1.165, 1.54) is 35.3 Å². The minimum Gasteiger partial charge on any atom is -0.370 e. The number of aliphatic imine (C=N–C) groups is 1. The fraction of sp³-hybridized carbons (Fsp3) is 0.476. The molecule has 30 heavy (non-hydrogen) atoms. The summed E-state index contributed by atoms with van der Waals surface area (Å²) in [4.78, 5) is 5.32. The molecule has 0 atom stereocenters. The van der Waals surface area contributed by atoms with Crippen LogP contribution in [0.25, 0.3) is 0 Å². The number of piperidine rings is 1. The molecule has 0 spiro atoms. The van der Waals surface area contributed by atoms with E-state index in [-0.39, 0.29) is 24.0 Å². The van der Waals surface area contributed by atoms with Crippen LogP contribution in [0.15, 0.2) is 39.5 Å². The number of nitrogens with two attached hydrogens (primary N) is 1. The smallest absolute Gasteiger partial charge is 0.252 e. The molecule has 0 unspecified atom stereocenters. The van der Waals surface area contributed by atoms with Crippen LogP contribution in [0, 0.1) is 0 Å². The number of benzene rings is 1. The van der Waals surface area contributed by atoms with Crippen LogP contribution < -0.4 is 11.1 Å². The highest BCUT2D eigenvalue weighted by Gasteiger charge is 2.27. The van der Waals surface area contributed by atoms with E-state index in [2.05, 4.69) is 22.4 Å². The summed E-state index contributed by atoms with van der Waals surface area (Å²) >= 11 is 1.28. The summed E-state index contributed by atoms with van der Waals surface area (Å²) in [5, 5.41) is 3.23. The van der Waals surface area contributed by atoms with Gasteiger partial charge in [0.25, 0.3) is 10.0 Å². The van der Waals surface area contributed by atoms with E-state index in [4.69, 9.17) is 5.73 Å². The molecule has 2 heterocycles. The summed E-state index contributed by atoms with van der Waals surface area (Å²) in [6.07, 6.45) is 7.60. The monoisotopic (exact) mass is 560 g/mol. The zero-order chi connectivity index (χ0) is 20.3. The molecule has 1 saturated heterocycles. The third-order valence-electron chi connectivity index (χ3n) is 5.61. The molecule has 1 fully saturated rings. The number of rotatable bonds is 5. The Morgan fingerprint density at radius 1 is 1.07 bits per heavy atom. The zero-order valence-electron chi connectivity index (χ0n) is 17.0. The molecular weight excluding hydrogens is 531 g/mol. The van der Waals surface area contributed by atoms with Crippen molar-refractivity contribution in [2.45, 2.75) is 55.7 Å². The minimum absolute atomic E-state index is 0. The van der Waals surface area contributed by atoms with E-state index in [0.29, 0.717) is 29.8 Å². The second-order valence-electron chi connectivity index (χ2n) is 7.66. The number of fused-ring (bicyclic) bond motifs is 1. The lowest BCUT2D eigenvalue weighted by Crippen LogP contribution is -2.35. The molecule has 1 aliphatic carbocycles. The van der Waals surface area contributed by atoms with Crippen LogP contribution in [0.2, 0.25) is 0 Å². The number of hydrogen-bond acceptors (Lipinski definition) is 4. The molecule has 3 N–H and O–H groups in total. The molecule has 0 bridgehead atoms. The average Bonchev–Trinajstić information content (AvgIpc) is 3.23. The first-order chi connectivity index (χ1) is 14.0. The summed E-state index contributed by atoms with van der Waals surface area (Å²) in [6, 6.07) is 9.81. The largest absolute Gasteiger partial charge is 0.370 e. The van der Waals surface area contributed by atoms with Gasteiger partial charge in [-0.3, -0.25) is 0 Å². The van der Waals surface area contributed by atoms with Crippen molar-refractivity contribution in [2.75, 3.05) is 18.4 Å². The first kappa shape index (κ1) is 23.5. The number of hydrogen-bond donors (Lipinski definition) is 2. The number of anilines is 1. The molecule has 9 heteroatoms. The van der Waals surface area contributed by atoms with Crippen molar-refractivity contribution in [3.05, 3.63) is 46.3 Å². The van der Waals surface area contributed by atoms with Gasteiger partial charge < -0.3 is 11.1 Å². The Balaban J connectivity index is 0.00000256. The summed E-state index contributed by atoms with van der Waals surface area (Å²) in [7, 11) is -3.38. The van der Waals surface area contributed by atoms with E-state index in [1.807, 2.05) is 12.1 Å². The molecular formula is C21H29IN4O2S2. The summed E-state index contributed by atoms with van der Waals surface area (Å²) in [6.45, 7) is 1.60. The van der Waals surface area contributed by atoms with Crippen LogP contribution >= 0.6 is 35.3 Å². The highest BCUT2D eigenvalue weighted by atomic mass is 127. The van der Waals surface area contributed by atoms with Gasteiger partial charge in [0.2, 0.25) is 0 Å². The lowest BCUT2D eigenvalue weighted by Gasteiger charge is -2.25. The minimum atomic E-state index is -3.38. The van der Waals surface area contributed by atoms with Crippen LogP contribution in [-0.4, -0.2) is 31.8 Å². The first-order valence-corrected chi connectivity index (χ1v) is 12.6. The van der Waals surface area contributed by atoms with E-state index in [9.17, 15) is 8.42 Å². The van der Waals surface area contributed by atoms with Crippen LogP contribution in [0.4, 0.5) is 5.69 Å². The fourth-order valence-electron chi connectivity index (χ4n) is 4.05. The van der Waals surface area contributed by atoms with Gasteiger partial charge in [-0.15, -0.1) is 35.3 Å². The van der Waals surface area contributed by atoms with Gasteiger partial charge in [-0.05, 0) is 67.9 Å². The molecule has 4 rings (SSSR count).